The fourth-order valence-electron chi connectivity index (χ4n) is 4.33. The second-order valence-electron chi connectivity index (χ2n) is 7.35. The number of rotatable bonds is 7. The maximum atomic E-state index is 12.1. The van der Waals surface area contributed by atoms with Crippen molar-refractivity contribution in [2.45, 2.75) is 62.4 Å². The molecule has 1 aromatic carbocycles. The Bertz CT molecular complexity index is 543. The largest absolute Gasteiger partial charge is 0.378 e. The zero-order valence-corrected chi connectivity index (χ0v) is 14.6. The summed E-state index contributed by atoms with van der Waals surface area (Å²) in [4.78, 5) is 12.1. The molecule has 0 saturated heterocycles. The Morgan fingerprint density at radius 3 is 2.33 bits per heavy atom. The van der Waals surface area contributed by atoms with Crippen LogP contribution < -0.4 is 11.1 Å². The van der Waals surface area contributed by atoms with Gasteiger partial charge in [-0.2, -0.15) is 0 Å². The molecule has 3 aliphatic carbocycles. The van der Waals surface area contributed by atoms with E-state index >= 15 is 0 Å². The average Bonchev–Trinajstić information content (AvgIpc) is 2.66. The van der Waals surface area contributed by atoms with Crippen molar-refractivity contribution in [1.29, 1.82) is 0 Å². The average molecular weight is 329 g/mol. The molecule has 4 heteroatoms. The van der Waals surface area contributed by atoms with Crippen molar-refractivity contribution in [3.63, 3.8) is 0 Å². The van der Waals surface area contributed by atoms with Crippen molar-refractivity contribution in [3.8, 4) is 0 Å². The third-order valence-corrected chi connectivity index (χ3v) is 6.16. The molecule has 0 aromatic heterocycles. The van der Waals surface area contributed by atoms with Gasteiger partial charge in [-0.3, -0.25) is 4.79 Å². The number of nitrogens with two attached hydrogens (primary N) is 1. The minimum absolute atomic E-state index is 0.0400. The highest BCUT2D eigenvalue weighted by atomic mass is 16.5. The lowest BCUT2D eigenvalue weighted by molar-refractivity contribution is -0.0955. The zero-order chi connectivity index (χ0) is 17.0. The fourth-order valence-corrected chi connectivity index (χ4v) is 4.33. The topological polar surface area (TPSA) is 64.3 Å². The van der Waals surface area contributed by atoms with Gasteiger partial charge in [0.1, 0.15) is 0 Å². The molecule has 0 spiro atoms. The van der Waals surface area contributed by atoms with E-state index in [0.717, 1.165) is 37.7 Å². The number of benzene rings is 1. The van der Waals surface area contributed by atoms with E-state index in [0.29, 0.717) is 12.0 Å². The van der Waals surface area contributed by atoms with Gasteiger partial charge in [-0.15, -0.1) is 0 Å². The highest BCUT2D eigenvalue weighted by molar-refractivity contribution is 5.94. The summed E-state index contributed by atoms with van der Waals surface area (Å²) < 4.78 is 5.79. The van der Waals surface area contributed by atoms with Crippen LogP contribution in [-0.2, 0) is 10.2 Å². The van der Waals surface area contributed by atoms with Gasteiger partial charge in [-0.1, -0.05) is 12.1 Å². The molecule has 131 valence electrons. The van der Waals surface area contributed by atoms with E-state index in [1.165, 1.54) is 24.8 Å². The highest BCUT2D eigenvalue weighted by Crippen LogP contribution is 2.54. The Kier molecular flexibility index (Phi) is 5.26. The van der Waals surface area contributed by atoms with Crippen LogP contribution in [0, 0.1) is 6.54 Å². The molecule has 3 aliphatic rings. The van der Waals surface area contributed by atoms with Crippen LogP contribution in [0.1, 0.15) is 67.3 Å². The molecule has 3 N–H and O–H groups in total. The maximum Gasteiger partial charge on any atom is 0.251 e. The van der Waals surface area contributed by atoms with Crippen molar-refractivity contribution in [2.24, 2.45) is 5.73 Å². The number of ether oxygens (including phenoxy) is 1. The van der Waals surface area contributed by atoms with Gasteiger partial charge in [-0.05, 0) is 81.0 Å². The van der Waals surface area contributed by atoms with Gasteiger partial charge in [-0.25, -0.2) is 0 Å². The predicted octanol–water partition coefficient (Wildman–Crippen LogP) is 3.31. The number of nitrogens with one attached hydrogen (secondary N) is 1. The molecule has 2 bridgehead atoms. The first-order valence-electron chi connectivity index (χ1n) is 9.11. The SMILES string of the molecule is COC12CCC(c3ccc(C(=O)N[CH]CCCN)cc3)(CC1)CC2. The summed E-state index contributed by atoms with van der Waals surface area (Å²) in [5.74, 6) is -0.0400. The van der Waals surface area contributed by atoms with Crippen LogP contribution >= 0.6 is 0 Å². The third-order valence-electron chi connectivity index (χ3n) is 6.16. The summed E-state index contributed by atoms with van der Waals surface area (Å²) in [7, 11) is 1.86. The van der Waals surface area contributed by atoms with Gasteiger partial charge in [0.15, 0.2) is 0 Å². The molecule has 3 fully saturated rings. The molecular weight excluding hydrogens is 300 g/mol. The summed E-state index contributed by atoms with van der Waals surface area (Å²) >= 11 is 0. The van der Waals surface area contributed by atoms with Crippen molar-refractivity contribution < 1.29 is 9.53 Å². The van der Waals surface area contributed by atoms with Gasteiger partial charge in [0.05, 0.1) is 5.60 Å². The summed E-state index contributed by atoms with van der Waals surface area (Å²) in [6, 6.07) is 8.23. The lowest BCUT2D eigenvalue weighted by Crippen LogP contribution is -2.49. The number of methoxy groups -OCH3 is 1. The molecule has 24 heavy (non-hydrogen) atoms. The fraction of sp³-hybridized carbons (Fsp3) is 0.600. The van der Waals surface area contributed by atoms with Gasteiger partial charge in [0.25, 0.3) is 5.91 Å². The second kappa shape index (κ2) is 7.24. The number of hydrogen-bond acceptors (Lipinski definition) is 3. The molecule has 3 saturated carbocycles. The van der Waals surface area contributed by atoms with Crippen molar-refractivity contribution in [1.82, 2.24) is 5.32 Å². The number of carbonyl (C=O) groups excluding carboxylic acids is 1. The molecule has 0 heterocycles. The minimum atomic E-state index is -0.0400. The molecule has 1 amide bonds. The normalized spacial score (nSPS) is 28.8. The first-order valence-corrected chi connectivity index (χ1v) is 9.11. The Hall–Kier alpha value is -1.39. The molecular formula is C20H29N2O2. The molecule has 1 aromatic rings. The highest BCUT2D eigenvalue weighted by Gasteiger charge is 2.49. The smallest absolute Gasteiger partial charge is 0.251 e. The predicted molar refractivity (Wildman–Crippen MR) is 95.6 cm³/mol. The molecule has 4 rings (SSSR count). The van der Waals surface area contributed by atoms with E-state index in [1.54, 1.807) is 6.54 Å². The number of carbonyl (C=O) groups is 1. The van der Waals surface area contributed by atoms with Gasteiger partial charge in [0.2, 0.25) is 0 Å². The standard InChI is InChI=1S/C20H29N2O2/c1-24-20-11-8-19(9-12-20,10-13-20)17-6-4-16(5-7-17)18(23)22-15-3-2-14-21/h4-7,15H,2-3,8-14,21H2,1H3,(H,22,23). The lowest BCUT2D eigenvalue weighted by atomic mass is 9.56. The van der Waals surface area contributed by atoms with Crippen LogP contribution in [0.4, 0.5) is 0 Å². The monoisotopic (exact) mass is 329 g/mol. The van der Waals surface area contributed by atoms with Crippen LogP contribution in [0.15, 0.2) is 24.3 Å². The molecule has 4 nitrogen and oxygen atoms in total. The van der Waals surface area contributed by atoms with E-state index < -0.39 is 0 Å². The van der Waals surface area contributed by atoms with Gasteiger partial charge >= 0.3 is 0 Å². The third kappa shape index (κ3) is 3.35. The number of amides is 1. The Morgan fingerprint density at radius 2 is 1.79 bits per heavy atom. The van der Waals surface area contributed by atoms with Crippen molar-refractivity contribution in [2.75, 3.05) is 13.7 Å². The molecule has 0 aliphatic heterocycles. The maximum absolute atomic E-state index is 12.1. The van der Waals surface area contributed by atoms with Crippen LogP contribution in [0.25, 0.3) is 0 Å². The minimum Gasteiger partial charge on any atom is -0.378 e. The van der Waals surface area contributed by atoms with Gasteiger partial charge in [0, 0.05) is 19.2 Å². The quantitative estimate of drug-likeness (QED) is 0.754. The zero-order valence-electron chi connectivity index (χ0n) is 14.6. The Balaban J connectivity index is 1.62. The van der Waals surface area contributed by atoms with E-state index in [1.807, 2.05) is 19.2 Å². The van der Waals surface area contributed by atoms with Crippen LogP contribution in [0.5, 0.6) is 0 Å². The van der Waals surface area contributed by atoms with Crippen LogP contribution in [-0.4, -0.2) is 25.2 Å². The molecule has 0 unspecified atom stereocenters. The second-order valence-corrected chi connectivity index (χ2v) is 7.35. The lowest BCUT2D eigenvalue weighted by Gasteiger charge is -2.53. The molecule has 0 atom stereocenters. The van der Waals surface area contributed by atoms with E-state index in [9.17, 15) is 4.79 Å². The molecule has 1 radical (unpaired) electrons. The Morgan fingerprint density at radius 1 is 1.17 bits per heavy atom. The van der Waals surface area contributed by atoms with E-state index in [2.05, 4.69) is 17.4 Å². The summed E-state index contributed by atoms with van der Waals surface area (Å²) in [6.45, 7) is 2.45. The summed E-state index contributed by atoms with van der Waals surface area (Å²) in [6.07, 6.45) is 8.75. The van der Waals surface area contributed by atoms with E-state index in [4.69, 9.17) is 10.5 Å². The van der Waals surface area contributed by atoms with Crippen molar-refractivity contribution >= 4 is 5.91 Å². The van der Waals surface area contributed by atoms with Crippen LogP contribution in [0.2, 0.25) is 0 Å². The summed E-state index contributed by atoms with van der Waals surface area (Å²) in [5, 5.41) is 2.84. The first-order chi connectivity index (χ1) is 11.6. The summed E-state index contributed by atoms with van der Waals surface area (Å²) in [5.41, 5.74) is 7.99. The van der Waals surface area contributed by atoms with E-state index in [-0.39, 0.29) is 11.5 Å². The Labute approximate surface area is 145 Å². The number of unbranched alkanes of at least 4 members (excludes halogenated alkanes) is 1. The first kappa shape index (κ1) is 17.4. The number of fused-ring (bicyclic) bond motifs is 3. The van der Waals surface area contributed by atoms with Gasteiger partial charge < -0.3 is 15.8 Å². The number of hydrogen-bond donors (Lipinski definition) is 2. The van der Waals surface area contributed by atoms with Crippen LogP contribution in [0.3, 0.4) is 0 Å². The van der Waals surface area contributed by atoms with Crippen molar-refractivity contribution in [3.05, 3.63) is 41.9 Å².